The fourth-order valence-electron chi connectivity index (χ4n) is 2.35. The quantitative estimate of drug-likeness (QED) is 0.876. The van der Waals surface area contributed by atoms with Crippen LogP contribution in [0.4, 0.5) is 0 Å². The van der Waals surface area contributed by atoms with E-state index in [0.29, 0.717) is 18.5 Å². The number of aliphatic carboxylic acids is 1. The van der Waals surface area contributed by atoms with Gasteiger partial charge in [0.05, 0.1) is 10.4 Å². The summed E-state index contributed by atoms with van der Waals surface area (Å²) >= 11 is 1.41. The summed E-state index contributed by atoms with van der Waals surface area (Å²) < 4.78 is 0. The Morgan fingerprint density at radius 1 is 1.61 bits per heavy atom. The van der Waals surface area contributed by atoms with Gasteiger partial charge in [-0.25, -0.2) is 4.98 Å². The number of carboxylic acid groups (broad SMARTS) is 1. The summed E-state index contributed by atoms with van der Waals surface area (Å²) in [4.78, 5) is 27.4. The van der Waals surface area contributed by atoms with Crippen molar-refractivity contribution in [2.75, 3.05) is 0 Å². The number of hydrogen-bond donors (Lipinski definition) is 2. The lowest BCUT2D eigenvalue weighted by Gasteiger charge is -2.27. The van der Waals surface area contributed by atoms with Gasteiger partial charge in [0.1, 0.15) is 5.69 Å². The summed E-state index contributed by atoms with van der Waals surface area (Å²) in [5, 5.41) is 14.6. The van der Waals surface area contributed by atoms with Crippen molar-refractivity contribution in [1.82, 2.24) is 10.3 Å². The molecule has 0 bridgehead atoms. The lowest BCUT2D eigenvalue weighted by molar-refractivity contribution is -0.148. The maximum atomic E-state index is 12.0. The van der Waals surface area contributed by atoms with E-state index in [1.54, 1.807) is 12.3 Å². The Kier molecular flexibility index (Phi) is 3.38. The normalized spacial score (nSPS) is 27.1. The van der Waals surface area contributed by atoms with Gasteiger partial charge in [-0.05, 0) is 26.7 Å². The molecule has 1 aromatic rings. The first-order chi connectivity index (χ1) is 8.43. The molecule has 5 nitrogen and oxygen atoms in total. The second-order valence-corrected chi connectivity index (χ2v) is 5.95. The average molecular weight is 268 g/mol. The highest BCUT2D eigenvalue weighted by Gasteiger charge is 2.46. The van der Waals surface area contributed by atoms with Gasteiger partial charge in [0.25, 0.3) is 5.91 Å². The zero-order chi connectivity index (χ0) is 13.3. The van der Waals surface area contributed by atoms with E-state index in [-0.39, 0.29) is 11.9 Å². The first-order valence-corrected chi connectivity index (χ1v) is 6.78. The highest BCUT2D eigenvalue weighted by molar-refractivity contribution is 7.09. The van der Waals surface area contributed by atoms with Crippen LogP contribution in [0.5, 0.6) is 0 Å². The maximum Gasteiger partial charge on any atom is 0.311 e. The van der Waals surface area contributed by atoms with E-state index in [2.05, 4.69) is 10.3 Å². The van der Waals surface area contributed by atoms with Crippen LogP contribution in [0.3, 0.4) is 0 Å². The molecule has 0 aromatic carbocycles. The molecule has 2 atom stereocenters. The van der Waals surface area contributed by atoms with Crippen molar-refractivity contribution < 1.29 is 14.7 Å². The average Bonchev–Trinajstić information content (AvgIpc) is 2.87. The number of carboxylic acids is 1. The second kappa shape index (κ2) is 4.68. The van der Waals surface area contributed by atoms with Crippen molar-refractivity contribution in [1.29, 1.82) is 0 Å². The summed E-state index contributed by atoms with van der Waals surface area (Å²) in [6.07, 6.45) is 2.13. The third kappa shape index (κ3) is 2.25. The number of rotatable bonds is 3. The number of aromatic nitrogens is 1. The van der Waals surface area contributed by atoms with Crippen LogP contribution in [0.15, 0.2) is 5.38 Å². The van der Waals surface area contributed by atoms with E-state index < -0.39 is 11.4 Å². The predicted octanol–water partition coefficient (Wildman–Crippen LogP) is 1.82. The molecule has 98 valence electrons. The minimum absolute atomic E-state index is 0.279. The minimum Gasteiger partial charge on any atom is -0.481 e. The van der Waals surface area contributed by atoms with Gasteiger partial charge in [0.15, 0.2) is 0 Å². The second-order valence-electron chi connectivity index (χ2n) is 4.89. The number of thiazole rings is 1. The standard InChI is InChI=1S/C12H16N2O3S/c1-7-13-8(6-18-7)10(15)14-9-4-3-5-12(9,2)11(16)17/h6,9H,3-5H2,1-2H3,(H,14,15)(H,16,17). The Hall–Kier alpha value is -1.43. The van der Waals surface area contributed by atoms with Crippen LogP contribution < -0.4 is 5.32 Å². The molecule has 1 heterocycles. The van der Waals surface area contributed by atoms with Crippen LogP contribution in [-0.4, -0.2) is 28.0 Å². The van der Waals surface area contributed by atoms with E-state index in [1.807, 2.05) is 6.92 Å². The third-order valence-corrected chi connectivity index (χ3v) is 4.38. The summed E-state index contributed by atoms with van der Waals surface area (Å²) in [6.45, 7) is 3.53. The molecule has 0 aliphatic heterocycles. The fraction of sp³-hybridized carbons (Fsp3) is 0.583. The predicted molar refractivity (Wildman–Crippen MR) is 67.7 cm³/mol. The molecule has 0 saturated heterocycles. The van der Waals surface area contributed by atoms with E-state index >= 15 is 0 Å². The summed E-state index contributed by atoms with van der Waals surface area (Å²) in [6, 6.07) is -0.315. The number of nitrogens with zero attached hydrogens (tertiary/aromatic N) is 1. The first kappa shape index (κ1) is 13.0. The third-order valence-electron chi connectivity index (χ3n) is 3.60. The van der Waals surface area contributed by atoms with Gasteiger partial charge in [-0.15, -0.1) is 11.3 Å². The fourth-order valence-corrected chi connectivity index (χ4v) is 2.95. The molecule has 1 aromatic heterocycles. The smallest absolute Gasteiger partial charge is 0.311 e. The summed E-state index contributed by atoms with van der Waals surface area (Å²) in [7, 11) is 0. The van der Waals surface area contributed by atoms with Gasteiger partial charge in [0, 0.05) is 11.4 Å². The van der Waals surface area contributed by atoms with Gasteiger partial charge in [-0.3, -0.25) is 9.59 Å². The van der Waals surface area contributed by atoms with Crippen molar-refractivity contribution in [3.8, 4) is 0 Å². The Bertz CT molecular complexity index is 485. The van der Waals surface area contributed by atoms with Crippen LogP contribution in [0.2, 0.25) is 0 Å². The molecule has 0 spiro atoms. The monoisotopic (exact) mass is 268 g/mol. The van der Waals surface area contributed by atoms with Crippen molar-refractivity contribution in [3.05, 3.63) is 16.1 Å². The van der Waals surface area contributed by atoms with Crippen molar-refractivity contribution in [3.63, 3.8) is 0 Å². The lowest BCUT2D eigenvalue weighted by atomic mass is 9.85. The topological polar surface area (TPSA) is 79.3 Å². The molecular weight excluding hydrogens is 252 g/mol. The van der Waals surface area contributed by atoms with Crippen LogP contribution >= 0.6 is 11.3 Å². The Labute approximate surface area is 109 Å². The first-order valence-electron chi connectivity index (χ1n) is 5.90. The van der Waals surface area contributed by atoms with Crippen LogP contribution in [0.1, 0.15) is 41.7 Å². The Balaban J connectivity index is 2.10. The van der Waals surface area contributed by atoms with Crippen molar-refractivity contribution >= 4 is 23.2 Å². The number of hydrogen-bond acceptors (Lipinski definition) is 4. The highest BCUT2D eigenvalue weighted by atomic mass is 32.1. The van der Waals surface area contributed by atoms with Gasteiger partial charge in [0.2, 0.25) is 0 Å². The summed E-state index contributed by atoms with van der Waals surface area (Å²) in [5.74, 6) is -1.13. The van der Waals surface area contributed by atoms with E-state index in [0.717, 1.165) is 11.4 Å². The number of aryl methyl sites for hydroxylation is 1. The maximum absolute atomic E-state index is 12.0. The SMILES string of the molecule is Cc1nc(C(=O)NC2CCCC2(C)C(=O)O)cs1. The van der Waals surface area contributed by atoms with Crippen molar-refractivity contribution in [2.45, 2.75) is 39.2 Å². The van der Waals surface area contributed by atoms with E-state index in [1.165, 1.54) is 11.3 Å². The van der Waals surface area contributed by atoms with Gasteiger partial charge < -0.3 is 10.4 Å². The molecule has 0 radical (unpaired) electrons. The molecule has 6 heteroatoms. The molecule has 1 fully saturated rings. The molecule has 1 aliphatic rings. The zero-order valence-corrected chi connectivity index (χ0v) is 11.2. The van der Waals surface area contributed by atoms with Crippen LogP contribution in [0.25, 0.3) is 0 Å². The summed E-state index contributed by atoms with van der Waals surface area (Å²) in [5.41, 5.74) is -0.488. The number of carbonyl (C=O) groups is 2. The molecule has 1 amide bonds. The van der Waals surface area contributed by atoms with Gasteiger partial charge in [-0.2, -0.15) is 0 Å². The van der Waals surface area contributed by atoms with Gasteiger partial charge in [-0.1, -0.05) is 6.42 Å². The molecule has 2 rings (SSSR count). The molecule has 2 unspecified atom stereocenters. The number of carbonyl (C=O) groups excluding carboxylic acids is 1. The molecule has 1 aliphatic carbocycles. The highest BCUT2D eigenvalue weighted by Crippen LogP contribution is 2.38. The van der Waals surface area contributed by atoms with Crippen molar-refractivity contribution in [2.24, 2.45) is 5.41 Å². The van der Waals surface area contributed by atoms with Crippen LogP contribution in [-0.2, 0) is 4.79 Å². The molecule has 1 saturated carbocycles. The zero-order valence-electron chi connectivity index (χ0n) is 10.4. The van der Waals surface area contributed by atoms with E-state index in [9.17, 15) is 14.7 Å². The van der Waals surface area contributed by atoms with Crippen LogP contribution in [0, 0.1) is 12.3 Å². The minimum atomic E-state index is -0.860. The largest absolute Gasteiger partial charge is 0.481 e. The lowest BCUT2D eigenvalue weighted by Crippen LogP contribution is -2.47. The Morgan fingerprint density at radius 2 is 2.33 bits per heavy atom. The Morgan fingerprint density at radius 3 is 2.89 bits per heavy atom. The number of nitrogens with one attached hydrogen (secondary N) is 1. The molecule has 2 N–H and O–H groups in total. The molecular formula is C12H16N2O3S. The molecule has 18 heavy (non-hydrogen) atoms. The van der Waals surface area contributed by atoms with E-state index in [4.69, 9.17) is 0 Å². The number of amides is 1. The van der Waals surface area contributed by atoms with Gasteiger partial charge >= 0.3 is 5.97 Å².